The Morgan fingerprint density at radius 1 is 1.65 bits per heavy atom. The summed E-state index contributed by atoms with van der Waals surface area (Å²) in [5.41, 5.74) is 6.20. The number of aliphatic carboxylic acids is 1. The maximum atomic E-state index is 13.6. The SMILES string of the molecule is COc1c(C(N)CCC(=O)O)ccc(Cl)c1F. The van der Waals surface area contributed by atoms with Crippen LogP contribution in [0, 0.1) is 5.82 Å². The number of carboxylic acids is 1. The van der Waals surface area contributed by atoms with E-state index in [1.807, 2.05) is 0 Å². The van der Waals surface area contributed by atoms with Crippen LogP contribution in [0.5, 0.6) is 5.75 Å². The van der Waals surface area contributed by atoms with Crippen LogP contribution in [0.25, 0.3) is 0 Å². The summed E-state index contributed by atoms with van der Waals surface area (Å²) in [6, 6.07) is 2.30. The van der Waals surface area contributed by atoms with Crippen LogP contribution < -0.4 is 10.5 Å². The highest BCUT2D eigenvalue weighted by atomic mass is 35.5. The van der Waals surface area contributed by atoms with E-state index in [1.165, 1.54) is 19.2 Å². The topological polar surface area (TPSA) is 72.5 Å². The van der Waals surface area contributed by atoms with Crippen LogP contribution >= 0.6 is 11.6 Å². The molecule has 0 fully saturated rings. The molecule has 0 aliphatic heterocycles. The fraction of sp³-hybridized carbons (Fsp3) is 0.364. The fourth-order valence-corrected chi connectivity index (χ4v) is 1.63. The third-order valence-corrected chi connectivity index (χ3v) is 2.65. The highest BCUT2D eigenvalue weighted by Gasteiger charge is 2.18. The first-order valence-electron chi connectivity index (χ1n) is 4.96. The van der Waals surface area contributed by atoms with Gasteiger partial charge >= 0.3 is 5.97 Å². The summed E-state index contributed by atoms with van der Waals surface area (Å²) in [5, 5.41) is 8.49. The van der Waals surface area contributed by atoms with Gasteiger partial charge in [0.2, 0.25) is 0 Å². The quantitative estimate of drug-likeness (QED) is 0.853. The van der Waals surface area contributed by atoms with E-state index in [2.05, 4.69) is 0 Å². The van der Waals surface area contributed by atoms with Crippen molar-refractivity contribution in [2.24, 2.45) is 5.73 Å². The molecular weight excluding hydrogens is 249 g/mol. The lowest BCUT2D eigenvalue weighted by Crippen LogP contribution is -2.14. The van der Waals surface area contributed by atoms with Crippen molar-refractivity contribution in [1.29, 1.82) is 0 Å². The molecule has 3 N–H and O–H groups in total. The first kappa shape index (κ1) is 13.7. The molecule has 0 amide bonds. The molecule has 94 valence electrons. The molecule has 0 radical (unpaired) electrons. The number of carboxylic acid groups (broad SMARTS) is 1. The van der Waals surface area contributed by atoms with Gasteiger partial charge < -0.3 is 15.6 Å². The van der Waals surface area contributed by atoms with Crippen LogP contribution in [-0.4, -0.2) is 18.2 Å². The second-order valence-electron chi connectivity index (χ2n) is 3.52. The van der Waals surface area contributed by atoms with Gasteiger partial charge in [-0.05, 0) is 12.5 Å². The van der Waals surface area contributed by atoms with E-state index in [0.29, 0.717) is 5.56 Å². The number of benzene rings is 1. The summed E-state index contributed by atoms with van der Waals surface area (Å²) in [7, 11) is 1.31. The Bertz CT molecular complexity index is 425. The third-order valence-electron chi connectivity index (χ3n) is 2.35. The minimum Gasteiger partial charge on any atom is -0.493 e. The minimum absolute atomic E-state index is 0.0320. The number of hydrogen-bond donors (Lipinski definition) is 2. The third kappa shape index (κ3) is 3.31. The van der Waals surface area contributed by atoms with Crippen molar-refractivity contribution in [1.82, 2.24) is 0 Å². The molecule has 0 spiro atoms. The predicted octanol–water partition coefficient (Wildman–Crippen LogP) is 2.35. The Hall–Kier alpha value is -1.33. The van der Waals surface area contributed by atoms with Gasteiger partial charge in [0, 0.05) is 18.0 Å². The first-order chi connectivity index (χ1) is 7.97. The van der Waals surface area contributed by atoms with E-state index in [-0.39, 0.29) is 23.6 Å². The molecule has 1 rings (SSSR count). The van der Waals surface area contributed by atoms with Crippen molar-refractivity contribution in [3.8, 4) is 5.75 Å². The first-order valence-corrected chi connectivity index (χ1v) is 5.34. The van der Waals surface area contributed by atoms with E-state index in [0.717, 1.165) is 0 Å². The second kappa shape index (κ2) is 5.84. The maximum Gasteiger partial charge on any atom is 0.303 e. The van der Waals surface area contributed by atoms with E-state index in [9.17, 15) is 9.18 Å². The number of halogens is 2. The van der Waals surface area contributed by atoms with Crippen LogP contribution in [0.3, 0.4) is 0 Å². The molecule has 0 saturated carbocycles. The van der Waals surface area contributed by atoms with Gasteiger partial charge in [-0.15, -0.1) is 0 Å². The lowest BCUT2D eigenvalue weighted by molar-refractivity contribution is -0.137. The van der Waals surface area contributed by atoms with Crippen LogP contribution in [-0.2, 0) is 4.79 Å². The highest BCUT2D eigenvalue weighted by molar-refractivity contribution is 6.30. The van der Waals surface area contributed by atoms with Crippen molar-refractivity contribution < 1.29 is 19.0 Å². The van der Waals surface area contributed by atoms with Crippen LogP contribution in [0.2, 0.25) is 5.02 Å². The smallest absolute Gasteiger partial charge is 0.303 e. The summed E-state index contributed by atoms with van der Waals surface area (Å²) in [6.07, 6.45) is 0.112. The number of hydrogen-bond acceptors (Lipinski definition) is 3. The normalized spacial score (nSPS) is 12.2. The summed E-state index contributed by atoms with van der Waals surface area (Å²) in [6.45, 7) is 0. The Labute approximate surface area is 103 Å². The Kier molecular flexibility index (Phi) is 4.72. The molecule has 4 nitrogen and oxygen atoms in total. The number of ether oxygens (including phenoxy) is 1. The zero-order valence-corrected chi connectivity index (χ0v) is 10.00. The van der Waals surface area contributed by atoms with Crippen LogP contribution in [0.1, 0.15) is 24.4 Å². The van der Waals surface area contributed by atoms with Gasteiger partial charge in [0.05, 0.1) is 12.1 Å². The average Bonchev–Trinajstić information content (AvgIpc) is 2.29. The van der Waals surface area contributed by atoms with Gasteiger partial charge in [0.15, 0.2) is 11.6 Å². The highest BCUT2D eigenvalue weighted by Crippen LogP contribution is 2.33. The Morgan fingerprint density at radius 2 is 2.29 bits per heavy atom. The molecule has 1 aromatic rings. The summed E-state index contributed by atoms with van der Waals surface area (Å²) >= 11 is 5.61. The van der Waals surface area contributed by atoms with Gasteiger partial charge in [0.1, 0.15) is 0 Å². The van der Waals surface area contributed by atoms with Crippen LogP contribution in [0.4, 0.5) is 4.39 Å². The van der Waals surface area contributed by atoms with Crippen molar-refractivity contribution in [3.63, 3.8) is 0 Å². The van der Waals surface area contributed by atoms with Crippen LogP contribution in [0.15, 0.2) is 12.1 Å². The standard InChI is InChI=1S/C11H13ClFNO3/c1-17-11-6(2-3-7(12)10(11)13)8(14)4-5-9(15)16/h2-3,8H,4-5,14H2,1H3,(H,15,16). The Balaban J connectivity index is 2.97. The summed E-state index contributed by atoms with van der Waals surface area (Å²) < 4.78 is 18.5. The van der Waals surface area contributed by atoms with E-state index in [4.69, 9.17) is 27.2 Å². The molecule has 0 bridgehead atoms. The van der Waals surface area contributed by atoms with Crippen molar-refractivity contribution >= 4 is 17.6 Å². The Morgan fingerprint density at radius 3 is 2.82 bits per heavy atom. The number of carbonyl (C=O) groups is 1. The molecule has 0 heterocycles. The molecule has 0 saturated heterocycles. The van der Waals surface area contributed by atoms with E-state index >= 15 is 0 Å². The monoisotopic (exact) mass is 261 g/mol. The zero-order chi connectivity index (χ0) is 13.0. The lowest BCUT2D eigenvalue weighted by Gasteiger charge is -2.15. The molecule has 0 aliphatic carbocycles. The number of nitrogens with two attached hydrogens (primary N) is 1. The minimum atomic E-state index is -0.950. The lowest BCUT2D eigenvalue weighted by atomic mass is 10.0. The molecule has 17 heavy (non-hydrogen) atoms. The molecule has 1 unspecified atom stereocenters. The second-order valence-corrected chi connectivity index (χ2v) is 3.93. The molecule has 0 aromatic heterocycles. The van der Waals surface area contributed by atoms with Gasteiger partial charge in [-0.2, -0.15) is 0 Å². The molecular formula is C11H13ClFNO3. The van der Waals surface area contributed by atoms with E-state index in [1.54, 1.807) is 0 Å². The molecule has 1 atom stereocenters. The van der Waals surface area contributed by atoms with E-state index < -0.39 is 17.8 Å². The number of methoxy groups -OCH3 is 1. The number of rotatable bonds is 5. The van der Waals surface area contributed by atoms with Gasteiger partial charge in [-0.3, -0.25) is 4.79 Å². The molecule has 6 heteroatoms. The van der Waals surface area contributed by atoms with Gasteiger partial charge in [0.25, 0.3) is 0 Å². The van der Waals surface area contributed by atoms with Crippen molar-refractivity contribution in [3.05, 3.63) is 28.5 Å². The van der Waals surface area contributed by atoms with Gasteiger partial charge in [-0.25, -0.2) is 4.39 Å². The van der Waals surface area contributed by atoms with Crippen molar-refractivity contribution in [2.75, 3.05) is 7.11 Å². The fourth-order valence-electron chi connectivity index (χ4n) is 1.48. The molecule has 0 aliphatic rings. The summed E-state index contributed by atoms with van der Waals surface area (Å²) in [4.78, 5) is 10.4. The van der Waals surface area contributed by atoms with Gasteiger partial charge in [-0.1, -0.05) is 17.7 Å². The predicted molar refractivity (Wildman–Crippen MR) is 61.8 cm³/mol. The average molecular weight is 262 g/mol. The van der Waals surface area contributed by atoms with Crippen molar-refractivity contribution in [2.45, 2.75) is 18.9 Å². The maximum absolute atomic E-state index is 13.6. The molecule has 1 aromatic carbocycles. The summed E-state index contributed by atoms with van der Waals surface area (Å²) in [5.74, 6) is -1.67. The zero-order valence-electron chi connectivity index (χ0n) is 9.24. The largest absolute Gasteiger partial charge is 0.493 e.